The van der Waals surface area contributed by atoms with Gasteiger partial charge in [0.2, 0.25) is 5.95 Å². The predicted molar refractivity (Wildman–Crippen MR) is 158 cm³/mol. The molecule has 0 saturated carbocycles. The van der Waals surface area contributed by atoms with E-state index in [1.165, 1.54) is 8.01 Å². The molecule has 1 aromatic heterocycles. The monoisotopic (exact) mass is 639 g/mol. The standard InChI is InChI=1S/C25H26IN11O2/c1-15(27)10-21(29-2)33-24-30-12-18-14-36(25(39)37(26)22(18)34-24)20-11-19(9-8-17(20)13-31-35-28)32-23(38)16-6-4-3-5-7-16/h3-12,15,29H,13-14,27H2,1-2H3,(H,32,38)(H,30,33,34)/b21-10+. The first kappa shape index (κ1) is 27.6. The molecule has 0 aliphatic carbocycles. The van der Waals surface area contributed by atoms with Gasteiger partial charge in [0, 0.05) is 41.0 Å². The van der Waals surface area contributed by atoms with Crippen molar-refractivity contribution < 1.29 is 9.59 Å². The van der Waals surface area contributed by atoms with Crippen molar-refractivity contribution >= 4 is 57.9 Å². The van der Waals surface area contributed by atoms with Crippen molar-refractivity contribution in [2.24, 2.45) is 10.8 Å². The number of nitrogens with zero attached hydrogens (tertiary/aromatic N) is 7. The van der Waals surface area contributed by atoms with Crippen LogP contribution in [0.25, 0.3) is 10.4 Å². The van der Waals surface area contributed by atoms with E-state index in [1.54, 1.807) is 61.8 Å². The number of carbonyl (C=O) groups excluding carboxylic acids is 2. The molecule has 0 spiro atoms. The number of halogens is 1. The Morgan fingerprint density at radius 1 is 1.28 bits per heavy atom. The number of hydrogen-bond acceptors (Lipinski definition) is 8. The molecule has 1 unspecified atom stereocenters. The van der Waals surface area contributed by atoms with Gasteiger partial charge in [0.05, 0.1) is 41.6 Å². The average Bonchev–Trinajstić information content (AvgIpc) is 2.94. The van der Waals surface area contributed by atoms with Crippen LogP contribution in [0.2, 0.25) is 0 Å². The van der Waals surface area contributed by atoms with Crippen molar-refractivity contribution in [1.29, 1.82) is 0 Å². The zero-order valence-electron chi connectivity index (χ0n) is 21.2. The maximum absolute atomic E-state index is 13.5. The van der Waals surface area contributed by atoms with Crippen molar-refractivity contribution in [3.63, 3.8) is 0 Å². The lowest BCUT2D eigenvalue weighted by molar-refractivity contribution is 0.102. The van der Waals surface area contributed by atoms with Gasteiger partial charge in [0.15, 0.2) is 5.82 Å². The first-order chi connectivity index (χ1) is 18.8. The molecular formula is C25H26IN11O2. The Labute approximate surface area is 238 Å². The molecule has 14 heteroatoms. The SMILES string of the molecule is CN/C(=C\C(C)N)Nc1ncc2c(n1)N(I)C(=O)N(c1cc(NC(=O)c3ccccc3)ccc1CN=[N+]=[N-])C2. The summed E-state index contributed by atoms with van der Waals surface area (Å²) in [7, 11) is 1.75. The Morgan fingerprint density at radius 3 is 2.74 bits per heavy atom. The molecule has 1 aliphatic heterocycles. The minimum Gasteiger partial charge on any atom is -0.375 e. The fourth-order valence-corrected chi connectivity index (χ4v) is 4.54. The fourth-order valence-electron chi connectivity index (χ4n) is 3.86. The smallest absolute Gasteiger partial charge is 0.339 e. The van der Waals surface area contributed by atoms with Gasteiger partial charge in [0.25, 0.3) is 5.91 Å². The molecule has 0 radical (unpaired) electrons. The topological polar surface area (TPSA) is 177 Å². The predicted octanol–water partition coefficient (Wildman–Crippen LogP) is 4.66. The third-order valence-corrected chi connectivity index (χ3v) is 6.54. The Balaban J connectivity index is 1.65. The zero-order chi connectivity index (χ0) is 27.9. The van der Waals surface area contributed by atoms with Crippen molar-refractivity contribution in [2.75, 3.05) is 25.7 Å². The lowest BCUT2D eigenvalue weighted by atomic mass is 10.1. The van der Waals surface area contributed by atoms with Gasteiger partial charge in [-0.2, -0.15) is 4.98 Å². The molecule has 1 aliphatic rings. The first-order valence-corrected chi connectivity index (χ1v) is 12.8. The maximum atomic E-state index is 13.5. The van der Waals surface area contributed by atoms with Gasteiger partial charge in [-0.15, -0.1) is 0 Å². The number of aromatic nitrogens is 2. The number of hydrogen-bond donors (Lipinski definition) is 4. The Hall–Kier alpha value is -4.40. The zero-order valence-corrected chi connectivity index (χ0v) is 23.3. The van der Waals surface area contributed by atoms with Crippen LogP contribution in [-0.2, 0) is 13.1 Å². The van der Waals surface area contributed by atoms with E-state index in [0.29, 0.717) is 45.7 Å². The molecule has 2 heterocycles. The molecule has 0 saturated heterocycles. The lowest BCUT2D eigenvalue weighted by Crippen LogP contribution is -2.43. The van der Waals surface area contributed by atoms with Gasteiger partial charge in [-0.05, 0) is 48.4 Å². The largest absolute Gasteiger partial charge is 0.375 e. The highest BCUT2D eigenvalue weighted by Gasteiger charge is 2.33. The molecule has 5 N–H and O–H groups in total. The van der Waals surface area contributed by atoms with E-state index in [4.69, 9.17) is 11.3 Å². The number of urea groups is 1. The second-order valence-corrected chi connectivity index (χ2v) is 9.52. The molecule has 3 aromatic rings. The van der Waals surface area contributed by atoms with Crippen molar-refractivity contribution in [3.8, 4) is 0 Å². The van der Waals surface area contributed by atoms with Crippen LogP contribution in [0.3, 0.4) is 0 Å². The molecule has 1 atom stereocenters. The second-order valence-electron chi connectivity index (χ2n) is 8.56. The third kappa shape index (κ3) is 6.54. The molecule has 13 nitrogen and oxygen atoms in total. The number of nitrogens with two attached hydrogens (primary N) is 1. The molecule has 39 heavy (non-hydrogen) atoms. The first-order valence-electron chi connectivity index (χ1n) is 11.9. The number of rotatable bonds is 9. The van der Waals surface area contributed by atoms with Gasteiger partial charge >= 0.3 is 6.03 Å². The quantitative estimate of drug-likeness (QED) is 0.0865. The second kappa shape index (κ2) is 12.4. The normalized spacial score (nSPS) is 13.7. The summed E-state index contributed by atoms with van der Waals surface area (Å²) in [6.07, 6.45) is 3.43. The summed E-state index contributed by atoms with van der Waals surface area (Å²) in [6, 6.07) is 13.4. The number of carbonyl (C=O) groups is 2. The number of benzene rings is 2. The maximum Gasteiger partial charge on any atom is 0.339 e. The minimum absolute atomic E-state index is 0.0225. The van der Waals surface area contributed by atoms with Gasteiger partial charge in [-0.1, -0.05) is 29.4 Å². The van der Waals surface area contributed by atoms with Crippen LogP contribution in [0.1, 0.15) is 28.4 Å². The van der Waals surface area contributed by atoms with Crippen LogP contribution in [0.15, 0.2) is 71.7 Å². The third-order valence-electron chi connectivity index (χ3n) is 5.67. The van der Waals surface area contributed by atoms with E-state index in [9.17, 15) is 9.59 Å². The summed E-state index contributed by atoms with van der Waals surface area (Å²) in [5, 5.41) is 12.6. The van der Waals surface area contributed by atoms with Gasteiger partial charge < -0.3 is 21.7 Å². The summed E-state index contributed by atoms with van der Waals surface area (Å²) in [4.78, 5) is 39.6. The van der Waals surface area contributed by atoms with E-state index >= 15 is 0 Å². The molecule has 0 fully saturated rings. The minimum atomic E-state index is -0.360. The fraction of sp³-hybridized carbons (Fsp3) is 0.200. The van der Waals surface area contributed by atoms with Crippen LogP contribution in [-0.4, -0.2) is 35.0 Å². The van der Waals surface area contributed by atoms with Crippen LogP contribution in [0.5, 0.6) is 0 Å². The van der Waals surface area contributed by atoms with Crippen LogP contribution < -0.4 is 29.7 Å². The molecule has 3 amide bonds. The highest BCUT2D eigenvalue weighted by molar-refractivity contribution is 14.1. The van der Waals surface area contributed by atoms with Crippen LogP contribution >= 0.6 is 22.9 Å². The van der Waals surface area contributed by atoms with Gasteiger partial charge in [-0.3, -0.25) is 9.69 Å². The number of azide groups is 1. The van der Waals surface area contributed by atoms with Gasteiger partial charge in [-0.25, -0.2) is 12.9 Å². The van der Waals surface area contributed by atoms with E-state index in [2.05, 4.69) is 35.9 Å². The molecule has 4 rings (SSSR count). The number of fused-ring (bicyclic) bond motifs is 1. The van der Waals surface area contributed by atoms with Crippen LogP contribution in [0.4, 0.5) is 27.9 Å². The van der Waals surface area contributed by atoms with Crippen molar-refractivity contribution in [3.05, 3.63) is 93.8 Å². The molecular weight excluding hydrogens is 613 g/mol. The Kier molecular flexibility index (Phi) is 8.81. The number of amides is 3. The summed E-state index contributed by atoms with van der Waals surface area (Å²) in [6.45, 7) is 2.03. The highest BCUT2D eigenvalue weighted by Crippen LogP contribution is 2.36. The molecule has 0 bridgehead atoms. The average molecular weight is 639 g/mol. The lowest BCUT2D eigenvalue weighted by Gasteiger charge is -2.34. The van der Waals surface area contributed by atoms with Crippen molar-refractivity contribution in [1.82, 2.24) is 15.3 Å². The number of anilines is 4. The van der Waals surface area contributed by atoms with E-state index in [0.717, 1.165) is 0 Å². The van der Waals surface area contributed by atoms with Crippen LogP contribution in [0, 0.1) is 0 Å². The van der Waals surface area contributed by atoms with E-state index in [-0.39, 0.29) is 31.1 Å². The molecule has 2 aromatic carbocycles. The van der Waals surface area contributed by atoms with Gasteiger partial charge in [0.1, 0.15) is 5.82 Å². The Morgan fingerprint density at radius 2 is 2.05 bits per heavy atom. The summed E-state index contributed by atoms with van der Waals surface area (Å²) in [5.74, 6) is 1.08. The highest BCUT2D eigenvalue weighted by atomic mass is 127. The Bertz CT molecular complexity index is 1460. The van der Waals surface area contributed by atoms with Crippen molar-refractivity contribution in [2.45, 2.75) is 26.1 Å². The number of nitrogens with one attached hydrogen (secondary N) is 3. The van der Waals surface area contributed by atoms with E-state index < -0.39 is 0 Å². The summed E-state index contributed by atoms with van der Waals surface area (Å²) >= 11 is 1.89. The summed E-state index contributed by atoms with van der Waals surface area (Å²) < 4.78 is 1.39. The van der Waals surface area contributed by atoms with E-state index in [1.807, 2.05) is 35.9 Å². The summed E-state index contributed by atoms with van der Waals surface area (Å²) in [5.41, 5.74) is 17.5. The molecule has 200 valence electrons.